The second-order valence-corrected chi connectivity index (χ2v) is 7.92. The molecule has 1 aromatic rings. The van der Waals surface area contributed by atoms with Gasteiger partial charge in [0.1, 0.15) is 19.3 Å². The lowest BCUT2D eigenvalue weighted by atomic mass is 10.1. The highest BCUT2D eigenvalue weighted by atomic mass is 16.6. The summed E-state index contributed by atoms with van der Waals surface area (Å²) >= 11 is 0. The number of ether oxygens (including phenoxy) is 2. The fourth-order valence-corrected chi connectivity index (χ4v) is 3.19. The highest BCUT2D eigenvalue weighted by Crippen LogP contribution is 2.08. The number of hydrogen-bond acceptors (Lipinski definition) is 8. The Kier molecular flexibility index (Phi) is 10.9. The van der Waals surface area contributed by atoms with Crippen molar-refractivity contribution in [3.63, 3.8) is 0 Å². The molecule has 1 aliphatic heterocycles. The number of amides is 4. The van der Waals surface area contributed by atoms with Crippen LogP contribution in [0, 0.1) is 0 Å². The quantitative estimate of drug-likeness (QED) is 0.263. The first-order valence-electron chi connectivity index (χ1n) is 11.2. The van der Waals surface area contributed by atoms with E-state index in [1.54, 1.807) is 0 Å². The molecule has 0 aliphatic carbocycles. The molecule has 37 heavy (non-hydrogen) atoms. The van der Waals surface area contributed by atoms with E-state index in [-0.39, 0.29) is 32.8 Å². The molecular formula is C22H28N4O11. The average Bonchev–Trinajstić information content (AvgIpc) is 2.87. The van der Waals surface area contributed by atoms with Crippen LogP contribution in [-0.4, -0.2) is 106 Å². The zero-order chi connectivity index (χ0) is 27.4. The Morgan fingerprint density at radius 1 is 0.784 bits per heavy atom. The maximum absolute atomic E-state index is 12.3. The molecule has 0 radical (unpaired) electrons. The van der Waals surface area contributed by atoms with Crippen molar-refractivity contribution in [1.29, 1.82) is 0 Å². The molecule has 0 saturated carbocycles. The third-order valence-corrected chi connectivity index (χ3v) is 5.23. The maximum atomic E-state index is 12.3. The van der Waals surface area contributed by atoms with Gasteiger partial charge in [0.05, 0.1) is 0 Å². The van der Waals surface area contributed by atoms with E-state index < -0.39 is 67.7 Å². The zero-order valence-electron chi connectivity index (χ0n) is 19.7. The molecule has 1 aromatic carbocycles. The molecule has 1 fully saturated rings. The van der Waals surface area contributed by atoms with E-state index in [0.29, 0.717) is 0 Å². The maximum Gasteiger partial charge on any atom is 0.410 e. The Bertz CT molecular complexity index is 980. The van der Waals surface area contributed by atoms with Gasteiger partial charge in [-0.1, -0.05) is 30.3 Å². The van der Waals surface area contributed by atoms with Crippen molar-refractivity contribution in [3.8, 4) is 0 Å². The van der Waals surface area contributed by atoms with Crippen molar-refractivity contribution in [3.05, 3.63) is 35.9 Å². The van der Waals surface area contributed by atoms with E-state index in [4.69, 9.17) is 19.7 Å². The van der Waals surface area contributed by atoms with Crippen molar-refractivity contribution in [2.75, 3.05) is 32.8 Å². The normalized spacial score (nSPS) is 14.6. The predicted molar refractivity (Wildman–Crippen MR) is 123 cm³/mol. The molecule has 1 saturated heterocycles. The number of carboxylic acid groups (broad SMARTS) is 3. The van der Waals surface area contributed by atoms with E-state index in [2.05, 4.69) is 0 Å². The molecule has 2 rings (SSSR count). The minimum Gasteiger partial charge on any atom is -0.481 e. The van der Waals surface area contributed by atoms with Crippen molar-refractivity contribution in [2.45, 2.75) is 31.5 Å². The molecule has 0 spiro atoms. The van der Waals surface area contributed by atoms with E-state index >= 15 is 0 Å². The number of piperazine rings is 1. The van der Waals surface area contributed by atoms with Crippen LogP contribution >= 0.6 is 0 Å². The van der Waals surface area contributed by atoms with Gasteiger partial charge < -0.3 is 45.2 Å². The third kappa shape index (κ3) is 9.91. The number of carbonyl (C=O) groups excluding carboxylic acids is 3. The molecule has 15 heteroatoms. The molecule has 2 atom stereocenters. The number of nitrogens with zero attached hydrogens (tertiary/aromatic N) is 2. The van der Waals surface area contributed by atoms with Gasteiger partial charge in [0.15, 0.2) is 6.04 Å². The van der Waals surface area contributed by atoms with Crippen LogP contribution in [0.3, 0.4) is 0 Å². The van der Waals surface area contributed by atoms with E-state index in [9.17, 15) is 33.9 Å². The molecule has 1 aliphatic rings. The summed E-state index contributed by atoms with van der Waals surface area (Å²) in [6, 6.07) is 4.65. The number of aliphatic carboxylic acids is 3. The summed E-state index contributed by atoms with van der Waals surface area (Å²) in [5.41, 5.74) is 0.826. The number of carbonyl (C=O) groups is 6. The van der Waals surface area contributed by atoms with E-state index in [1.165, 1.54) is 9.80 Å². The summed E-state index contributed by atoms with van der Waals surface area (Å²) in [4.78, 5) is 72.5. The van der Waals surface area contributed by atoms with Gasteiger partial charge >= 0.3 is 36.1 Å². The van der Waals surface area contributed by atoms with Gasteiger partial charge in [-0.15, -0.1) is 0 Å². The lowest BCUT2D eigenvalue weighted by Crippen LogP contribution is -2.54. The molecule has 0 aromatic heterocycles. The van der Waals surface area contributed by atoms with Gasteiger partial charge in [-0.2, -0.15) is 0 Å². The van der Waals surface area contributed by atoms with Crippen LogP contribution in [0.4, 0.5) is 14.4 Å². The molecular weight excluding hydrogens is 496 g/mol. The molecule has 5 N–H and O–H groups in total. The van der Waals surface area contributed by atoms with Gasteiger partial charge in [-0.3, -0.25) is 4.79 Å². The summed E-state index contributed by atoms with van der Waals surface area (Å²) in [7, 11) is 0. The summed E-state index contributed by atoms with van der Waals surface area (Å²) in [6.07, 6.45) is -2.36. The van der Waals surface area contributed by atoms with Crippen molar-refractivity contribution >= 4 is 36.1 Å². The SMILES string of the molecule is O=C(O)CC[C@H](NC(=O)N[C@@H](COC(=O)N1CCN(C(=O)OCc2ccccc2)CC1)C(=O)O)C(=O)O. The highest BCUT2D eigenvalue weighted by Gasteiger charge is 2.29. The minimum absolute atomic E-state index is 0.103. The molecule has 0 bridgehead atoms. The smallest absolute Gasteiger partial charge is 0.410 e. The standard InChI is InChI=1S/C22H28N4O11/c27-17(28)7-6-15(18(29)30)23-20(33)24-16(19(31)32)13-37-22(35)26-10-8-25(9-11-26)21(34)36-12-14-4-2-1-3-5-14/h1-5,15-16H,6-13H2,(H,27,28)(H,29,30)(H,31,32)(H2,23,24,33)/t15-,16-/m0/s1. The van der Waals surface area contributed by atoms with Crippen LogP contribution in [0.1, 0.15) is 18.4 Å². The Morgan fingerprint density at radius 3 is 1.81 bits per heavy atom. The summed E-state index contributed by atoms with van der Waals surface area (Å²) in [6.45, 7) is -0.111. The lowest BCUT2D eigenvalue weighted by molar-refractivity contribution is -0.141. The largest absolute Gasteiger partial charge is 0.481 e. The second-order valence-electron chi connectivity index (χ2n) is 7.92. The highest BCUT2D eigenvalue weighted by molar-refractivity contribution is 5.86. The van der Waals surface area contributed by atoms with Gasteiger partial charge in [-0.05, 0) is 12.0 Å². The Hall–Kier alpha value is -4.56. The first-order chi connectivity index (χ1) is 17.6. The second kappa shape index (κ2) is 14.1. The first kappa shape index (κ1) is 28.7. The number of urea groups is 1. The van der Waals surface area contributed by atoms with Crippen LogP contribution in [0.15, 0.2) is 30.3 Å². The van der Waals surface area contributed by atoms with Crippen molar-refractivity contribution in [2.24, 2.45) is 0 Å². The molecule has 202 valence electrons. The monoisotopic (exact) mass is 524 g/mol. The van der Waals surface area contributed by atoms with Crippen molar-refractivity contribution in [1.82, 2.24) is 20.4 Å². The van der Waals surface area contributed by atoms with Gasteiger partial charge in [0.2, 0.25) is 0 Å². The van der Waals surface area contributed by atoms with Crippen LogP contribution in [0.2, 0.25) is 0 Å². The number of carboxylic acids is 3. The first-order valence-corrected chi connectivity index (χ1v) is 11.2. The molecule has 15 nitrogen and oxygen atoms in total. The lowest BCUT2D eigenvalue weighted by Gasteiger charge is -2.33. The Balaban J connectivity index is 1.76. The van der Waals surface area contributed by atoms with E-state index in [1.807, 2.05) is 41.0 Å². The minimum atomic E-state index is -1.70. The number of rotatable bonds is 11. The summed E-state index contributed by atoms with van der Waals surface area (Å²) in [5.74, 6) is -4.32. The van der Waals surface area contributed by atoms with Gasteiger partial charge in [0.25, 0.3) is 0 Å². The zero-order valence-corrected chi connectivity index (χ0v) is 19.7. The topological polar surface area (TPSA) is 212 Å². The van der Waals surface area contributed by atoms with Crippen molar-refractivity contribution < 1.29 is 53.6 Å². The van der Waals surface area contributed by atoms with Gasteiger partial charge in [-0.25, -0.2) is 24.0 Å². The average molecular weight is 524 g/mol. The molecule has 0 unspecified atom stereocenters. The molecule has 4 amide bonds. The number of nitrogens with one attached hydrogen (secondary N) is 2. The van der Waals surface area contributed by atoms with Crippen LogP contribution in [-0.2, 0) is 30.5 Å². The third-order valence-electron chi connectivity index (χ3n) is 5.23. The van der Waals surface area contributed by atoms with Crippen LogP contribution in [0.25, 0.3) is 0 Å². The predicted octanol–water partition coefficient (Wildman–Crippen LogP) is 0.148. The fourth-order valence-electron chi connectivity index (χ4n) is 3.19. The summed E-state index contributed by atoms with van der Waals surface area (Å²) < 4.78 is 10.2. The summed E-state index contributed by atoms with van der Waals surface area (Å²) in [5, 5.41) is 31.0. The van der Waals surface area contributed by atoms with Crippen LogP contribution in [0.5, 0.6) is 0 Å². The number of benzene rings is 1. The fraction of sp³-hybridized carbons (Fsp3) is 0.455. The Labute approximate surface area is 210 Å². The van der Waals surface area contributed by atoms with Crippen LogP contribution < -0.4 is 10.6 Å². The number of hydrogen-bond donors (Lipinski definition) is 5. The van der Waals surface area contributed by atoms with Gasteiger partial charge in [0, 0.05) is 32.6 Å². The molecule has 1 heterocycles. The van der Waals surface area contributed by atoms with E-state index in [0.717, 1.165) is 5.56 Å². The Morgan fingerprint density at radius 2 is 1.30 bits per heavy atom.